The maximum Gasteiger partial charge on any atom is 0.214 e. The fourth-order valence-corrected chi connectivity index (χ4v) is 6.40. The predicted octanol–water partition coefficient (Wildman–Crippen LogP) is 5.36. The molecule has 0 atom stereocenters. The van der Waals surface area contributed by atoms with Crippen molar-refractivity contribution in [2.45, 2.75) is 27.2 Å². The maximum atomic E-state index is 12.4. The van der Waals surface area contributed by atoms with E-state index >= 15 is 0 Å². The summed E-state index contributed by atoms with van der Waals surface area (Å²) in [5.41, 5.74) is 3.71. The van der Waals surface area contributed by atoms with Crippen LogP contribution in [0.1, 0.15) is 38.6 Å². The first-order chi connectivity index (χ1) is 16.4. The first kappa shape index (κ1) is 26.5. The largest absolute Gasteiger partial charge is 0.368 e. The molecule has 0 saturated carbocycles. The number of hydrogen-bond acceptors (Lipinski definition) is 8. The van der Waals surface area contributed by atoms with Gasteiger partial charge in [-0.2, -0.15) is 4.31 Å². The summed E-state index contributed by atoms with van der Waals surface area (Å²) in [5.74, 6) is 0.194. The van der Waals surface area contributed by atoms with E-state index in [-0.39, 0.29) is 5.75 Å². The van der Waals surface area contributed by atoms with Crippen LogP contribution in [0.3, 0.4) is 0 Å². The second-order valence-electron chi connectivity index (χ2n) is 7.53. The number of allylic oxidation sites excluding steroid dienone is 2. The van der Waals surface area contributed by atoms with Gasteiger partial charge in [0.2, 0.25) is 10.0 Å². The minimum Gasteiger partial charge on any atom is -0.368 e. The summed E-state index contributed by atoms with van der Waals surface area (Å²) in [7, 11) is -3.18. The third-order valence-corrected chi connectivity index (χ3v) is 9.15. The number of nitrogens with zero attached hydrogens (tertiary/aromatic N) is 5. The van der Waals surface area contributed by atoms with Crippen molar-refractivity contribution < 1.29 is 8.42 Å². The van der Waals surface area contributed by atoms with Crippen molar-refractivity contribution in [2.75, 3.05) is 36.8 Å². The molecule has 3 rings (SSSR count). The van der Waals surface area contributed by atoms with Gasteiger partial charge in [0.05, 0.1) is 17.6 Å². The van der Waals surface area contributed by atoms with Crippen LogP contribution in [0.2, 0.25) is 0 Å². The van der Waals surface area contributed by atoms with E-state index in [1.165, 1.54) is 23.5 Å². The Hall–Kier alpha value is -2.14. The lowest BCUT2D eigenvalue weighted by molar-refractivity contribution is 0.384. The molecule has 1 saturated heterocycles. The van der Waals surface area contributed by atoms with Crippen molar-refractivity contribution in [1.82, 2.24) is 19.3 Å². The summed E-state index contributed by atoms with van der Waals surface area (Å²) in [6, 6.07) is 1.99. The summed E-state index contributed by atoms with van der Waals surface area (Å²) in [6.45, 7) is 15.7. The normalized spacial score (nSPS) is 16.1. The molecular formula is C24H31N5O2S3. The Morgan fingerprint density at radius 1 is 1.03 bits per heavy atom. The van der Waals surface area contributed by atoms with Gasteiger partial charge in [-0.15, -0.1) is 0 Å². The van der Waals surface area contributed by atoms with Gasteiger partial charge >= 0.3 is 0 Å². The Morgan fingerprint density at radius 3 is 2.15 bits per heavy atom. The summed E-state index contributed by atoms with van der Waals surface area (Å²) in [5, 5.41) is 3.56. The minimum absolute atomic E-state index is 0.194. The highest BCUT2D eigenvalue weighted by Crippen LogP contribution is 2.37. The minimum atomic E-state index is -3.18. The van der Waals surface area contributed by atoms with Crippen LogP contribution in [0, 0.1) is 0 Å². The number of thioether (sulfide) groups is 2. The van der Waals surface area contributed by atoms with E-state index in [4.69, 9.17) is 9.97 Å². The molecule has 0 amide bonds. The smallest absolute Gasteiger partial charge is 0.214 e. The molecule has 2 aromatic rings. The summed E-state index contributed by atoms with van der Waals surface area (Å²) < 4.78 is 26.4. The molecule has 34 heavy (non-hydrogen) atoms. The highest BCUT2D eigenvalue weighted by atomic mass is 32.2. The number of aromatic nitrogens is 3. The Balaban J connectivity index is 1.98. The monoisotopic (exact) mass is 517 g/mol. The highest BCUT2D eigenvalue weighted by Gasteiger charge is 2.26. The summed E-state index contributed by atoms with van der Waals surface area (Å²) in [4.78, 5) is 18.5. The Labute approximate surface area is 211 Å². The first-order valence-electron chi connectivity index (χ1n) is 11.2. The van der Waals surface area contributed by atoms with Gasteiger partial charge in [0.1, 0.15) is 16.9 Å². The maximum absolute atomic E-state index is 12.4. The Bertz CT molecular complexity index is 1220. The molecule has 0 unspecified atom stereocenters. The molecule has 0 N–H and O–H groups in total. The van der Waals surface area contributed by atoms with Crippen molar-refractivity contribution >= 4 is 60.2 Å². The lowest BCUT2D eigenvalue weighted by atomic mass is 10.2. The number of rotatable bonds is 10. The Morgan fingerprint density at radius 2 is 1.62 bits per heavy atom. The van der Waals surface area contributed by atoms with Gasteiger partial charge in [-0.3, -0.25) is 0 Å². The molecule has 10 heteroatoms. The lowest BCUT2D eigenvalue weighted by Crippen LogP contribution is -2.49. The molecule has 0 aliphatic carbocycles. The van der Waals surface area contributed by atoms with Crippen molar-refractivity contribution in [1.29, 1.82) is 0 Å². The quantitative estimate of drug-likeness (QED) is 0.417. The van der Waals surface area contributed by atoms with E-state index in [2.05, 4.69) is 23.0 Å². The fourth-order valence-electron chi connectivity index (χ4n) is 3.76. The first-order valence-corrected chi connectivity index (χ1v) is 14.5. The third kappa shape index (κ3) is 5.91. The standard InChI is InChI=1S/C24H31N5O2S3/c1-6-15-34(30,31)29-13-11-28(12-14-29)18-16-19-24(25-17-18)27-23(21(8-3)33-10-5)22(26-19)20(7-2)32-9-4/h7-10,16-17H,4-6,11-15H2,1-3H3/b20-7-,21-8-. The lowest BCUT2D eigenvalue weighted by Gasteiger charge is -2.35. The molecule has 7 nitrogen and oxygen atoms in total. The van der Waals surface area contributed by atoms with Crippen LogP contribution in [0.25, 0.3) is 21.0 Å². The molecule has 2 aromatic heterocycles. The highest BCUT2D eigenvalue weighted by molar-refractivity contribution is 8.11. The molecule has 0 aromatic carbocycles. The zero-order chi connectivity index (χ0) is 24.7. The van der Waals surface area contributed by atoms with Crippen LogP contribution >= 0.6 is 23.5 Å². The van der Waals surface area contributed by atoms with Gasteiger partial charge < -0.3 is 4.90 Å². The number of hydrogen-bond donors (Lipinski definition) is 0. The zero-order valence-electron chi connectivity index (χ0n) is 19.9. The second-order valence-corrected chi connectivity index (χ2v) is 11.6. The van der Waals surface area contributed by atoms with Gasteiger partial charge in [0, 0.05) is 36.0 Å². The van der Waals surface area contributed by atoms with Crippen molar-refractivity contribution in [2.24, 2.45) is 0 Å². The van der Waals surface area contributed by atoms with Crippen LogP contribution in [-0.4, -0.2) is 59.6 Å². The van der Waals surface area contributed by atoms with Crippen molar-refractivity contribution in [3.05, 3.63) is 59.8 Å². The van der Waals surface area contributed by atoms with Crippen molar-refractivity contribution in [3.8, 4) is 0 Å². The molecule has 3 heterocycles. The molecule has 0 radical (unpaired) electrons. The number of pyridine rings is 1. The van der Waals surface area contributed by atoms with Crippen molar-refractivity contribution in [3.63, 3.8) is 0 Å². The number of sulfonamides is 1. The molecule has 182 valence electrons. The molecule has 0 bridgehead atoms. The Kier molecular flexibility index (Phi) is 9.35. The topological polar surface area (TPSA) is 79.3 Å². The van der Waals surface area contributed by atoms with E-state index in [0.29, 0.717) is 43.8 Å². The van der Waals surface area contributed by atoms with E-state index in [1.807, 2.05) is 39.0 Å². The fraction of sp³-hybridized carbons (Fsp3) is 0.375. The molecule has 0 spiro atoms. The number of piperazine rings is 1. The average molecular weight is 518 g/mol. The predicted molar refractivity (Wildman–Crippen MR) is 148 cm³/mol. The van der Waals surface area contributed by atoms with Crippen LogP contribution in [0.15, 0.2) is 48.4 Å². The summed E-state index contributed by atoms with van der Waals surface area (Å²) >= 11 is 3.00. The van der Waals surface area contributed by atoms with Crippen LogP contribution in [0.4, 0.5) is 5.69 Å². The van der Waals surface area contributed by atoms with Gasteiger partial charge in [0.25, 0.3) is 0 Å². The molecule has 1 fully saturated rings. The van der Waals surface area contributed by atoms with E-state index < -0.39 is 10.0 Å². The van der Waals surface area contributed by atoms with Gasteiger partial charge in [-0.05, 0) is 37.2 Å². The number of anilines is 1. The van der Waals surface area contributed by atoms with E-state index in [0.717, 1.165) is 26.9 Å². The molecular weight excluding hydrogens is 486 g/mol. The average Bonchev–Trinajstić information content (AvgIpc) is 2.85. The van der Waals surface area contributed by atoms with Gasteiger partial charge in [-0.25, -0.2) is 23.4 Å². The zero-order valence-corrected chi connectivity index (χ0v) is 22.3. The van der Waals surface area contributed by atoms with E-state index in [9.17, 15) is 8.42 Å². The van der Waals surface area contributed by atoms with E-state index in [1.54, 1.807) is 21.3 Å². The van der Waals surface area contributed by atoms with Gasteiger partial charge in [0.15, 0.2) is 5.65 Å². The number of fused-ring (bicyclic) bond motifs is 1. The van der Waals surface area contributed by atoms with Gasteiger partial charge in [-0.1, -0.05) is 55.8 Å². The SMILES string of the molecule is C=CS/C(=C\C)c1nc2cc(N3CCN(S(=O)(=O)CCC)CC3)cnc2nc1/C(=C/C)SC=C. The van der Waals surface area contributed by atoms with Crippen LogP contribution < -0.4 is 4.90 Å². The third-order valence-electron chi connectivity index (χ3n) is 5.38. The van der Waals surface area contributed by atoms with Crippen LogP contribution in [-0.2, 0) is 10.0 Å². The molecule has 1 aliphatic rings. The summed E-state index contributed by atoms with van der Waals surface area (Å²) in [6.07, 6.45) is 6.42. The second kappa shape index (κ2) is 12.0. The van der Waals surface area contributed by atoms with Crippen LogP contribution in [0.5, 0.6) is 0 Å². The molecule has 1 aliphatic heterocycles.